The van der Waals surface area contributed by atoms with Crippen molar-refractivity contribution in [2.75, 3.05) is 14.2 Å². The lowest BCUT2D eigenvalue weighted by Crippen LogP contribution is -2.18. The lowest BCUT2D eigenvalue weighted by Gasteiger charge is -2.09. The molecule has 5 aromatic rings. The third-order valence-corrected chi connectivity index (χ3v) is 6.48. The van der Waals surface area contributed by atoms with Crippen molar-refractivity contribution in [1.82, 2.24) is 19.8 Å². The lowest BCUT2D eigenvalue weighted by molar-refractivity contribution is 0.0954. The van der Waals surface area contributed by atoms with Crippen molar-refractivity contribution in [3.05, 3.63) is 114 Å². The quantitative estimate of drug-likeness (QED) is 0.210. The van der Waals surface area contributed by atoms with Crippen LogP contribution in [0, 0.1) is 13.8 Å². The first-order valence-corrected chi connectivity index (χ1v) is 12.5. The Kier molecular flexibility index (Phi) is 7.27. The molecule has 0 unspecified atom stereocenters. The van der Waals surface area contributed by atoms with Crippen LogP contribution in [0.5, 0.6) is 11.5 Å². The number of methoxy groups -OCH3 is 2. The normalized spacial score (nSPS) is 11.1. The van der Waals surface area contributed by atoms with Gasteiger partial charge in [-0.2, -0.15) is 10.2 Å². The Morgan fingerprint density at radius 1 is 0.872 bits per heavy atom. The predicted octanol–water partition coefficient (Wildman–Crippen LogP) is 5.73. The molecule has 8 nitrogen and oxygen atoms in total. The van der Waals surface area contributed by atoms with Gasteiger partial charge in [-0.1, -0.05) is 36.4 Å². The van der Waals surface area contributed by atoms with Crippen molar-refractivity contribution in [2.24, 2.45) is 5.10 Å². The summed E-state index contributed by atoms with van der Waals surface area (Å²) in [6.45, 7) is 3.91. The first-order valence-electron chi connectivity index (χ1n) is 12.5. The average Bonchev–Trinajstić information content (AvgIpc) is 3.53. The molecule has 0 aliphatic carbocycles. The second kappa shape index (κ2) is 11.1. The van der Waals surface area contributed by atoms with E-state index in [4.69, 9.17) is 14.6 Å². The summed E-state index contributed by atoms with van der Waals surface area (Å²) >= 11 is 0. The van der Waals surface area contributed by atoms with Crippen LogP contribution in [0.3, 0.4) is 0 Å². The Hall–Kier alpha value is -5.11. The van der Waals surface area contributed by atoms with E-state index in [1.165, 1.54) is 0 Å². The minimum absolute atomic E-state index is 0.287. The Balaban J connectivity index is 1.45. The molecular formula is C31H29N5O3. The summed E-state index contributed by atoms with van der Waals surface area (Å²) in [6.07, 6.45) is 3.48. The Morgan fingerprint density at radius 3 is 2.21 bits per heavy atom. The van der Waals surface area contributed by atoms with Crippen molar-refractivity contribution in [1.29, 1.82) is 0 Å². The molecule has 0 aliphatic rings. The maximum Gasteiger partial charge on any atom is 0.273 e. The van der Waals surface area contributed by atoms with Gasteiger partial charge in [0.2, 0.25) is 0 Å². The fourth-order valence-electron chi connectivity index (χ4n) is 4.59. The molecule has 196 valence electrons. The number of aromatic nitrogens is 3. The van der Waals surface area contributed by atoms with Crippen molar-refractivity contribution < 1.29 is 14.3 Å². The van der Waals surface area contributed by atoms with Crippen molar-refractivity contribution in [2.45, 2.75) is 13.8 Å². The lowest BCUT2D eigenvalue weighted by atomic mass is 10.1. The maximum atomic E-state index is 13.1. The number of aryl methyl sites for hydroxylation is 1. The topological polar surface area (TPSA) is 82.7 Å². The van der Waals surface area contributed by atoms with Crippen LogP contribution in [0.1, 0.15) is 27.3 Å². The number of carbonyl (C=O) groups excluding carboxylic acids is 1. The van der Waals surface area contributed by atoms with Gasteiger partial charge in [0.15, 0.2) is 11.5 Å². The van der Waals surface area contributed by atoms with Crippen LogP contribution in [0.15, 0.2) is 96.2 Å². The van der Waals surface area contributed by atoms with Gasteiger partial charge in [-0.3, -0.25) is 4.79 Å². The number of hydrazone groups is 1. The second-order valence-corrected chi connectivity index (χ2v) is 8.94. The first-order chi connectivity index (χ1) is 19.0. The van der Waals surface area contributed by atoms with Gasteiger partial charge < -0.3 is 14.0 Å². The van der Waals surface area contributed by atoms with E-state index >= 15 is 0 Å². The molecule has 2 heterocycles. The summed E-state index contributed by atoms with van der Waals surface area (Å²) in [5.41, 5.74) is 9.18. The molecule has 1 N–H and O–H groups in total. The standard InChI is InChI=1S/C31H29N5O3/c1-21-17-27(22(2)36(21)26-13-9-6-10-14-26)31(37)33-32-19-24-20-35(25-11-7-5-8-12-25)34-30(24)23-15-16-28(38-3)29(18-23)39-4/h5-20H,1-4H3,(H,33,37). The van der Waals surface area contributed by atoms with Crippen molar-refractivity contribution in [3.63, 3.8) is 0 Å². The largest absolute Gasteiger partial charge is 0.493 e. The van der Waals surface area contributed by atoms with Crippen LogP contribution in [-0.4, -0.2) is 40.7 Å². The van der Waals surface area contributed by atoms with Gasteiger partial charge in [-0.25, -0.2) is 10.1 Å². The van der Waals surface area contributed by atoms with Crippen LogP contribution < -0.4 is 14.9 Å². The van der Waals surface area contributed by atoms with Crippen molar-refractivity contribution in [3.8, 4) is 34.1 Å². The zero-order chi connectivity index (χ0) is 27.4. The summed E-state index contributed by atoms with van der Waals surface area (Å²) in [5, 5.41) is 9.11. The number of nitrogens with one attached hydrogen (secondary N) is 1. The minimum Gasteiger partial charge on any atom is -0.493 e. The number of para-hydroxylation sites is 2. The van der Waals surface area contributed by atoms with E-state index in [1.807, 2.05) is 105 Å². The minimum atomic E-state index is -0.287. The molecule has 8 heteroatoms. The van der Waals surface area contributed by atoms with Gasteiger partial charge in [-0.05, 0) is 62.4 Å². The summed E-state index contributed by atoms with van der Waals surface area (Å²) in [6, 6.07) is 27.2. The molecule has 0 radical (unpaired) electrons. The van der Waals surface area contributed by atoms with Gasteiger partial charge in [0.25, 0.3) is 5.91 Å². The van der Waals surface area contributed by atoms with E-state index in [1.54, 1.807) is 25.1 Å². The zero-order valence-corrected chi connectivity index (χ0v) is 22.3. The molecule has 3 aromatic carbocycles. The summed E-state index contributed by atoms with van der Waals surface area (Å²) in [5.74, 6) is 0.929. The summed E-state index contributed by atoms with van der Waals surface area (Å²) < 4.78 is 14.7. The fraction of sp³-hybridized carbons (Fsp3) is 0.129. The van der Waals surface area contributed by atoms with E-state index in [0.717, 1.165) is 33.9 Å². The third kappa shape index (κ3) is 5.17. The summed E-state index contributed by atoms with van der Waals surface area (Å²) in [4.78, 5) is 13.1. The number of nitrogens with zero attached hydrogens (tertiary/aromatic N) is 4. The van der Waals surface area contributed by atoms with E-state index in [0.29, 0.717) is 22.8 Å². The van der Waals surface area contributed by atoms with Gasteiger partial charge in [0, 0.05) is 34.4 Å². The average molecular weight is 520 g/mol. The fourth-order valence-corrected chi connectivity index (χ4v) is 4.59. The molecule has 0 fully saturated rings. The molecular weight excluding hydrogens is 490 g/mol. The smallest absolute Gasteiger partial charge is 0.273 e. The summed E-state index contributed by atoms with van der Waals surface area (Å²) in [7, 11) is 3.19. The number of amides is 1. The molecule has 39 heavy (non-hydrogen) atoms. The number of ether oxygens (including phenoxy) is 2. The van der Waals surface area contributed by atoms with Crippen LogP contribution in [-0.2, 0) is 0 Å². The molecule has 0 spiro atoms. The van der Waals surface area contributed by atoms with Gasteiger partial charge >= 0.3 is 0 Å². The molecule has 0 atom stereocenters. The van der Waals surface area contributed by atoms with Gasteiger partial charge in [-0.15, -0.1) is 0 Å². The van der Waals surface area contributed by atoms with Crippen LogP contribution in [0.25, 0.3) is 22.6 Å². The van der Waals surface area contributed by atoms with E-state index < -0.39 is 0 Å². The van der Waals surface area contributed by atoms with Gasteiger partial charge in [0.05, 0.1) is 31.7 Å². The third-order valence-electron chi connectivity index (χ3n) is 6.48. The van der Waals surface area contributed by atoms with Crippen LogP contribution in [0.2, 0.25) is 0 Å². The number of benzene rings is 3. The SMILES string of the molecule is COc1ccc(-c2nn(-c3ccccc3)cc2C=NNC(=O)c2cc(C)n(-c3ccccc3)c2C)cc1OC. The first kappa shape index (κ1) is 25.5. The Labute approximate surface area is 227 Å². The number of rotatable bonds is 8. The molecule has 0 bridgehead atoms. The maximum absolute atomic E-state index is 13.1. The molecule has 1 amide bonds. The molecule has 2 aromatic heterocycles. The van der Waals surface area contributed by atoms with E-state index in [2.05, 4.69) is 15.1 Å². The monoisotopic (exact) mass is 519 g/mol. The second-order valence-electron chi connectivity index (χ2n) is 8.94. The molecule has 0 aliphatic heterocycles. The number of hydrogen-bond donors (Lipinski definition) is 1. The molecule has 5 rings (SSSR count). The highest BCUT2D eigenvalue weighted by atomic mass is 16.5. The molecule has 0 saturated heterocycles. The highest BCUT2D eigenvalue weighted by Crippen LogP contribution is 2.33. The Bertz CT molecular complexity index is 1640. The Morgan fingerprint density at radius 2 is 1.54 bits per heavy atom. The highest BCUT2D eigenvalue weighted by molar-refractivity contribution is 5.97. The van der Waals surface area contributed by atoms with Crippen molar-refractivity contribution >= 4 is 12.1 Å². The zero-order valence-electron chi connectivity index (χ0n) is 22.3. The van der Waals surface area contributed by atoms with Crippen LogP contribution >= 0.6 is 0 Å². The van der Waals surface area contributed by atoms with E-state index in [9.17, 15) is 4.79 Å². The molecule has 0 saturated carbocycles. The number of carbonyl (C=O) groups is 1. The number of hydrogen-bond acceptors (Lipinski definition) is 5. The predicted molar refractivity (Wildman–Crippen MR) is 152 cm³/mol. The van der Waals surface area contributed by atoms with E-state index in [-0.39, 0.29) is 5.91 Å². The highest BCUT2D eigenvalue weighted by Gasteiger charge is 2.17. The van der Waals surface area contributed by atoms with Crippen LogP contribution in [0.4, 0.5) is 0 Å². The van der Waals surface area contributed by atoms with Gasteiger partial charge in [0.1, 0.15) is 5.69 Å².